The standard InChI is InChI=1S/C11H18F2N2O2/c12-11(13)2-5-14(6-3-11)4-1-9-7-15(8-9)10(16)17/h9H,1-8H2,(H,16,17)/p-1. The van der Waals surface area contributed by atoms with E-state index in [4.69, 9.17) is 0 Å². The highest BCUT2D eigenvalue weighted by atomic mass is 19.3. The summed E-state index contributed by atoms with van der Waals surface area (Å²) in [6.45, 7) is 2.76. The first-order chi connectivity index (χ1) is 7.96. The molecule has 0 aromatic heterocycles. The summed E-state index contributed by atoms with van der Waals surface area (Å²) in [4.78, 5) is 13.7. The number of hydrogen-bond donors (Lipinski definition) is 0. The average molecular weight is 247 g/mol. The topological polar surface area (TPSA) is 46.6 Å². The number of carbonyl (C=O) groups excluding carboxylic acids is 1. The number of carboxylic acid groups (broad SMARTS) is 1. The van der Waals surface area contributed by atoms with E-state index in [1.165, 1.54) is 4.90 Å². The maximum atomic E-state index is 12.9. The van der Waals surface area contributed by atoms with Gasteiger partial charge in [-0.25, -0.2) is 8.78 Å². The molecule has 0 saturated carbocycles. The quantitative estimate of drug-likeness (QED) is 0.724. The Balaban J connectivity index is 1.60. The van der Waals surface area contributed by atoms with Crippen LogP contribution in [0.4, 0.5) is 13.6 Å². The number of carbonyl (C=O) groups is 1. The van der Waals surface area contributed by atoms with Crippen LogP contribution in [-0.4, -0.2) is 54.5 Å². The number of piperidine rings is 1. The average Bonchev–Trinajstić information content (AvgIpc) is 2.17. The molecule has 0 radical (unpaired) electrons. The Hall–Kier alpha value is -0.910. The van der Waals surface area contributed by atoms with Gasteiger partial charge < -0.3 is 19.7 Å². The third-order valence-electron chi connectivity index (χ3n) is 3.66. The van der Waals surface area contributed by atoms with Gasteiger partial charge in [0.05, 0.1) is 0 Å². The van der Waals surface area contributed by atoms with Crippen molar-refractivity contribution >= 4 is 6.09 Å². The number of halogens is 2. The number of alkyl halides is 2. The second-order valence-electron chi connectivity index (χ2n) is 5.02. The van der Waals surface area contributed by atoms with Gasteiger partial charge in [0.25, 0.3) is 5.92 Å². The largest absolute Gasteiger partial charge is 0.530 e. The third-order valence-corrected chi connectivity index (χ3v) is 3.66. The summed E-state index contributed by atoms with van der Waals surface area (Å²) in [6, 6.07) is 0. The highest BCUT2D eigenvalue weighted by molar-refractivity contribution is 5.63. The highest BCUT2D eigenvalue weighted by Gasteiger charge is 2.34. The molecule has 0 unspecified atom stereocenters. The van der Waals surface area contributed by atoms with Gasteiger partial charge in [-0.05, 0) is 18.9 Å². The zero-order valence-corrected chi connectivity index (χ0v) is 9.70. The minimum Gasteiger partial charge on any atom is -0.530 e. The van der Waals surface area contributed by atoms with Crippen LogP contribution in [0.5, 0.6) is 0 Å². The number of likely N-dealkylation sites (tertiary alicyclic amines) is 2. The van der Waals surface area contributed by atoms with E-state index in [9.17, 15) is 18.7 Å². The van der Waals surface area contributed by atoms with Crippen LogP contribution in [0.1, 0.15) is 19.3 Å². The minimum atomic E-state index is -2.49. The van der Waals surface area contributed by atoms with Gasteiger partial charge in [-0.1, -0.05) is 0 Å². The van der Waals surface area contributed by atoms with Crippen molar-refractivity contribution in [2.24, 2.45) is 5.92 Å². The molecule has 2 saturated heterocycles. The minimum absolute atomic E-state index is 0.0527. The fourth-order valence-corrected chi connectivity index (χ4v) is 2.37. The molecule has 4 nitrogen and oxygen atoms in total. The molecule has 0 spiro atoms. The maximum Gasteiger partial charge on any atom is 0.250 e. The van der Waals surface area contributed by atoms with Crippen molar-refractivity contribution in [1.29, 1.82) is 0 Å². The predicted octanol–water partition coefficient (Wildman–Crippen LogP) is 0.383. The molecular weight excluding hydrogens is 230 g/mol. The van der Waals surface area contributed by atoms with Crippen LogP contribution in [0.3, 0.4) is 0 Å². The molecule has 2 heterocycles. The Morgan fingerprint density at radius 1 is 1.29 bits per heavy atom. The third kappa shape index (κ3) is 3.28. The zero-order chi connectivity index (χ0) is 12.5. The summed E-state index contributed by atoms with van der Waals surface area (Å²) in [5.41, 5.74) is 0. The van der Waals surface area contributed by atoms with Crippen LogP contribution in [-0.2, 0) is 0 Å². The van der Waals surface area contributed by atoms with E-state index in [-0.39, 0.29) is 12.8 Å². The fraction of sp³-hybridized carbons (Fsp3) is 0.909. The van der Waals surface area contributed by atoms with Crippen LogP contribution in [0.2, 0.25) is 0 Å². The molecule has 0 N–H and O–H groups in total. The van der Waals surface area contributed by atoms with E-state index in [0.29, 0.717) is 32.1 Å². The molecule has 6 heteroatoms. The molecule has 1 amide bonds. The fourth-order valence-electron chi connectivity index (χ4n) is 2.37. The number of amides is 1. The van der Waals surface area contributed by atoms with E-state index < -0.39 is 12.0 Å². The summed E-state index contributed by atoms with van der Waals surface area (Å²) in [5, 5.41) is 10.4. The van der Waals surface area contributed by atoms with Gasteiger partial charge in [0.15, 0.2) is 0 Å². The Kier molecular flexibility index (Phi) is 3.51. The first kappa shape index (κ1) is 12.5. The molecule has 2 fully saturated rings. The SMILES string of the molecule is O=C([O-])N1CC(CCN2CCC(F)(F)CC2)C1. The first-order valence-electron chi connectivity index (χ1n) is 6.02. The lowest BCUT2D eigenvalue weighted by molar-refractivity contribution is -0.271. The molecule has 2 rings (SSSR count). The molecular formula is C11H17F2N2O2-. The summed E-state index contributed by atoms with van der Waals surface area (Å²) < 4.78 is 25.8. The van der Waals surface area contributed by atoms with Crippen LogP contribution < -0.4 is 5.11 Å². The van der Waals surface area contributed by atoms with Gasteiger partial charge in [-0.15, -0.1) is 0 Å². The van der Waals surface area contributed by atoms with Crippen molar-refractivity contribution in [2.75, 3.05) is 32.7 Å². The van der Waals surface area contributed by atoms with Gasteiger partial charge in [0.1, 0.15) is 6.09 Å². The van der Waals surface area contributed by atoms with Gasteiger partial charge in [0, 0.05) is 39.0 Å². The molecule has 0 atom stereocenters. The van der Waals surface area contributed by atoms with Crippen molar-refractivity contribution in [3.8, 4) is 0 Å². The van der Waals surface area contributed by atoms with E-state index in [0.717, 1.165) is 13.0 Å². The highest BCUT2D eigenvalue weighted by Crippen LogP contribution is 2.28. The Labute approximate surface area is 99.2 Å². The van der Waals surface area contributed by atoms with Gasteiger partial charge in [0.2, 0.25) is 0 Å². The van der Waals surface area contributed by atoms with E-state index in [1.807, 2.05) is 4.90 Å². The summed E-state index contributed by atoms with van der Waals surface area (Å²) >= 11 is 0. The van der Waals surface area contributed by atoms with Crippen molar-refractivity contribution in [2.45, 2.75) is 25.2 Å². The van der Waals surface area contributed by atoms with E-state index >= 15 is 0 Å². The molecule has 0 bridgehead atoms. The lowest BCUT2D eigenvalue weighted by Gasteiger charge is -2.42. The van der Waals surface area contributed by atoms with Crippen molar-refractivity contribution in [3.05, 3.63) is 0 Å². The second kappa shape index (κ2) is 4.76. The summed E-state index contributed by atoms with van der Waals surface area (Å²) in [5.74, 6) is -2.12. The zero-order valence-electron chi connectivity index (χ0n) is 9.70. The lowest BCUT2D eigenvalue weighted by atomic mass is 9.96. The van der Waals surface area contributed by atoms with Gasteiger partial charge in [-0.2, -0.15) is 0 Å². The number of nitrogens with zero attached hydrogens (tertiary/aromatic N) is 2. The number of hydrogen-bond acceptors (Lipinski definition) is 3. The first-order valence-corrected chi connectivity index (χ1v) is 6.02. The number of rotatable bonds is 3. The normalized spacial score (nSPS) is 25.6. The van der Waals surface area contributed by atoms with Crippen molar-refractivity contribution in [1.82, 2.24) is 9.80 Å². The molecule has 2 aliphatic heterocycles. The van der Waals surface area contributed by atoms with Gasteiger partial charge in [-0.3, -0.25) is 0 Å². The monoisotopic (exact) mass is 247 g/mol. The molecule has 0 aliphatic carbocycles. The van der Waals surface area contributed by atoms with Crippen LogP contribution in [0.25, 0.3) is 0 Å². The smallest absolute Gasteiger partial charge is 0.250 e. The summed E-state index contributed by atoms with van der Waals surface area (Å²) in [7, 11) is 0. The maximum absolute atomic E-state index is 12.9. The van der Waals surface area contributed by atoms with Crippen molar-refractivity contribution < 1.29 is 18.7 Å². The van der Waals surface area contributed by atoms with E-state index in [2.05, 4.69) is 0 Å². The predicted molar refractivity (Wildman–Crippen MR) is 55.7 cm³/mol. The molecule has 0 aromatic rings. The summed E-state index contributed by atoms with van der Waals surface area (Å²) in [6.07, 6.45) is -0.333. The Morgan fingerprint density at radius 2 is 1.88 bits per heavy atom. The van der Waals surface area contributed by atoms with Crippen molar-refractivity contribution in [3.63, 3.8) is 0 Å². The Morgan fingerprint density at radius 3 is 2.41 bits per heavy atom. The van der Waals surface area contributed by atoms with E-state index in [1.54, 1.807) is 0 Å². The van der Waals surface area contributed by atoms with Crippen LogP contribution >= 0.6 is 0 Å². The van der Waals surface area contributed by atoms with Crippen LogP contribution in [0, 0.1) is 5.92 Å². The molecule has 0 aromatic carbocycles. The van der Waals surface area contributed by atoms with Crippen LogP contribution in [0.15, 0.2) is 0 Å². The molecule has 98 valence electrons. The molecule has 2 aliphatic rings. The molecule has 17 heavy (non-hydrogen) atoms. The van der Waals surface area contributed by atoms with Gasteiger partial charge >= 0.3 is 0 Å². The lowest BCUT2D eigenvalue weighted by Crippen LogP contribution is -2.55. The Bertz CT molecular complexity index is 283. The second-order valence-corrected chi connectivity index (χ2v) is 5.02.